The Morgan fingerprint density at radius 3 is 2.00 bits per heavy atom. The van der Waals surface area contributed by atoms with Gasteiger partial charge in [0.15, 0.2) is 0 Å². The molecule has 2 N–H and O–H groups in total. The second kappa shape index (κ2) is 4.43. The van der Waals surface area contributed by atoms with Crippen LogP contribution in [0, 0.1) is 11.3 Å². The molecule has 0 saturated heterocycles. The summed E-state index contributed by atoms with van der Waals surface area (Å²) in [6.07, 6.45) is 1.69. The number of nitrogens with two attached hydrogens (primary N) is 1. The van der Waals surface area contributed by atoms with Gasteiger partial charge in [0.05, 0.1) is 0 Å². The Bertz CT molecular complexity index is 201. The zero-order chi connectivity index (χ0) is 11.6. The lowest BCUT2D eigenvalue weighted by atomic mass is 9.70. The minimum atomic E-state index is -0.447. The topological polar surface area (TPSA) is 43.1 Å². The van der Waals surface area contributed by atoms with E-state index in [1.165, 1.54) is 0 Å². The van der Waals surface area contributed by atoms with Crippen LogP contribution in [0.2, 0.25) is 0 Å². The fraction of sp³-hybridized carbons (Fsp3) is 0.917. The number of hydrogen-bond acceptors (Lipinski definition) is 2. The van der Waals surface area contributed by atoms with E-state index in [-0.39, 0.29) is 5.78 Å². The first-order valence-electron chi connectivity index (χ1n) is 5.45. The molecule has 0 saturated carbocycles. The largest absolute Gasteiger partial charge is 0.325 e. The molecular weight excluding hydrogens is 174 g/mol. The molecule has 0 fully saturated rings. The molecule has 0 aromatic rings. The van der Waals surface area contributed by atoms with Gasteiger partial charge in [-0.15, -0.1) is 0 Å². The summed E-state index contributed by atoms with van der Waals surface area (Å²) in [5.41, 5.74) is 5.13. The first kappa shape index (κ1) is 13.6. The van der Waals surface area contributed by atoms with Crippen LogP contribution in [0.15, 0.2) is 0 Å². The zero-order valence-electron chi connectivity index (χ0n) is 10.5. The lowest BCUT2D eigenvalue weighted by molar-refractivity contribution is -0.130. The number of carbonyl (C=O) groups is 1. The third-order valence-corrected chi connectivity index (χ3v) is 3.54. The van der Waals surface area contributed by atoms with Gasteiger partial charge in [-0.3, -0.25) is 4.79 Å². The average Bonchev–Trinajstić information content (AvgIpc) is 2.01. The summed E-state index contributed by atoms with van der Waals surface area (Å²) in [7, 11) is 0. The number of Topliss-reactive ketones (excluding diaryl/α,β-unsaturated/α-hetero) is 1. The van der Waals surface area contributed by atoms with E-state index in [4.69, 9.17) is 5.73 Å². The normalized spacial score (nSPS) is 15.4. The highest BCUT2D eigenvalue weighted by Crippen LogP contribution is 2.31. The van der Waals surface area contributed by atoms with Crippen LogP contribution in [0.5, 0.6) is 0 Å². The monoisotopic (exact) mass is 199 g/mol. The molecule has 0 aliphatic rings. The van der Waals surface area contributed by atoms with Crippen molar-refractivity contribution in [2.75, 3.05) is 0 Å². The van der Waals surface area contributed by atoms with Crippen molar-refractivity contribution < 1.29 is 4.79 Å². The third-order valence-electron chi connectivity index (χ3n) is 3.54. The number of hydrogen-bond donors (Lipinski definition) is 1. The van der Waals surface area contributed by atoms with Crippen LogP contribution in [0.4, 0.5) is 0 Å². The summed E-state index contributed by atoms with van der Waals surface area (Å²) in [6, 6.07) is 0. The molecule has 0 amide bonds. The summed E-state index contributed by atoms with van der Waals surface area (Å²) in [4.78, 5) is 12.0. The fourth-order valence-electron chi connectivity index (χ4n) is 1.08. The first-order chi connectivity index (χ1) is 6.13. The second-order valence-corrected chi connectivity index (χ2v) is 5.49. The van der Waals surface area contributed by atoms with E-state index in [1.54, 1.807) is 0 Å². The maximum Gasteiger partial charge on any atom is 0.140 e. The van der Waals surface area contributed by atoms with Crippen LogP contribution in [-0.4, -0.2) is 11.3 Å². The molecule has 0 aromatic heterocycles. The van der Waals surface area contributed by atoms with Crippen LogP contribution in [0.25, 0.3) is 0 Å². The molecule has 2 heteroatoms. The third kappa shape index (κ3) is 3.09. The number of ketones is 1. The van der Waals surface area contributed by atoms with E-state index < -0.39 is 11.0 Å². The van der Waals surface area contributed by atoms with E-state index in [0.717, 1.165) is 6.42 Å². The first-order valence-corrected chi connectivity index (χ1v) is 5.45. The molecule has 0 heterocycles. The van der Waals surface area contributed by atoms with Crippen molar-refractivity contribution in [3.8, 4) is 0 Å². The molecule has 0 aromatic carbocycles. The molecule has 84 valence electrons. The van der Waals surface area contributed by atoms with E-state index in [1.807, 2.05) is 27.7 Å². The Kier molecular flexibility index (Phi) is 4.32. The molecule has 1 atom stereocenters. The lowest BCUT2D eigenvalue weighted by Gasteiger charge is -2.37. The molecule has 1 unspecified atom stereocenters. The van der Waals surface area contributed by atoms with Crippen LogP contribution in [0.3, 0.4) is 0 Å². The summed E-state index contributed by atoms with van der Waals surface area (Å²) in [5.74, 6) is 0.739. The maximum absolute atomic E-state index is 12.0. The standard InChI is InChI=1S/C12H25NO/c1-7-9(2)8-10(14)11(3,4)12(5,6)13/h9H,7-8,13H2,1-6H3. The summed E-state index contributed by atoms with van der Waals surface area (Å²) in [6.45, 7) is 11.9. The SMILES string of the molecule is CCC(C)CC(=O)C(C)(C)C(C)(C)N. The smallest absolute Gasteiger partial charge is 0.140 e. The Balaban J connectivity index is 4.53. The Labute approximate surface area is 88.3 Å². The molecule has 0 rings (SSSR count). The summed E-state index contributed by atoms with van der Waals surface area (Å²) < 4.78 is 0. The van der Waals surface area contributed by atoms with Crippen molar-refractivity contribution in [3.63, 3.8) is 0 Å². The van der Waals surface area contributed by atoms with Crippen LogP contribution in [0.1, 0.15) is 54.4 Å². The van der Waals surface area contributed by atoms with Crippen molar-refractivity contribution in [2.24, 2.45) is 17.1 Å². The molecule has 0 spiro atoms. The van der Waals surface area contributed by atoms with Crippen molar-refractivity contribution in [3.05, 3.63) is 0 Å². The maximum atomic E-state index is 12.0. The predicted molar refractivity (Wildman–Crippen MR) is 61.1 cm³/mol. The highest BCUT2D eigenvalue weighted by atomic mass is 16.1. The quantitative estimate of drug-likeness (QED) is 0.740. The van der Waals surface area contributed by atoms with E-state index in [2.05, 4.69) is 13.8 Å². The molecule has 0 aliphatic heterocycles. The van der Waals surface area contributed by atoms with Gasteiger partial charge in [0, 0.05) is 17.4 Å². The van der Waals surface area contributed by atoms with Gasteiger partial charge in [-0.1, -0.05) is 34.1 Å². The van der Waals surface area contributed by atoms with Crippen LogP contribution >= 0.6 is 0 Å². The predicted octanol–water partition coefficient (Wildman–Crippen LogP) is 2.76. The van der Waals surface area contributed by atoms with Gasteiger partial charge in [0.1, 0.15) is 5.78 Å². The molecule has 0 bridgehead atoms. The minimum absolute atomic E-state index is 0.277. The van der Waals surface area contributed by atoms with Crippen molar-refractivity contribution >= 4 is 5.78 Å². The van der Waals surface area contributed by atoms with Gasteiger partial charge in [-0.05, 0) is 19.8 Å². The Hall–Kier alpha value is -0.370. The van der Waals surface area contributed by atoms with Crippen molar-refractivity contribution in [1.29, 1.82) is 0 Å². The molecule has 2 nitrogen and oxygen atoms in total. The molecule has 0 radical (unpaired) electrons. The molecular formula is C12H25NO. The summed E-state index contributed by atoms with van der Waals surface area (Å²) >= 11 is 0. The number of carbonyl (C=O) groups excluding carboxylic acids is 1. The van der Waals surface area contributed by atoms with Gasteiger partial charge in [0.25, 0.3) is 0 Å². The van der Waals surface area contributed by atoms with E-state index >= 15 is 0 Å². The van der Waals surface area contributed by atoms with Crippen LogP contribution < -0.4 is 5.73 Å². The molecule has 14 heavy (non-hydrogen) atoms. The Morgan fingerprint density at radius 2 is 1.71 bits per heavy atom. The van der Waals surface area contributed by atoms with Gasteiger partial charge in [-0.25, -0.2) is 0 Å². The van der Waals surface area contributed by atoms with Gasteiger partial charge < -0.3 is 5.73 Å². The lowest BCUT2D eigenvalue weighted by Crippen LogP contribution is -2.52. The van der Waals surface area contributed by atoms with Gasteiger partial charge >= 0.3 is 0 Å². The van der Waals surface area contributed by atoms with E-state index in [0.29, 0.717) is 12.3 Å². The second-order valence-electron chi connectivity index (χ2n) is 5.49. The summed E-state index contributed by atoms with van der Waals surface area (Å²) in [5, 5.41) is 0. The highest BCUT2D eigenvalue weighted by Gasteiger charge is 2.39. The minimum Gasteiger partial charge on any atom is -0.325 e. The van der Waals surface area contributed by atoms with Gasteiger partial charge in [-0.2, -0.15) is 0 Å². The molecule has 0 aliphatic carbocycles. The van der Waals surface area contributed by atoms with E-state index in [9.17, 15) is 4.79 Å². The number of rotatable bonds is 5. The zero-order valence-corrected chi connectivity index (χ0v) is 10.5. The highest BCUT2D eigenvalue weighted by molar-refractivity contribution is 5.85. The Morgan fingerprint density at radius 1 is 1.29 bits per heavy atom. The van der Waals surface area contributed by atoms with Crippen LogP contribution in [-0.2, 0) is 4.79 Å². The van der Waals surface area contributed by atoms with Crippen molar-refractivity contribution in [2.45, 2.75) is 59.9 Å². The fourth-order valence-corrected chi connectivity index (χ4v) is 1.08. The van der Waals surface area contributed by atoms with Crippen molar-refractivity contribution in [1.82, 2.24) is 0 Å². The van der Waals surface area contributed by atoms with Gasteiger partial charge in [0.2, 0.25) is 0 Å². The average molecular weight is 199 g/mol.